The molecular weight excluding hydrogens is 385 g/mol. The van der Waals surface area contributed by atoms with Gasteiger partial charge in [-0.05, 0) is 30.2 Å². The molecule has 6 nitrogen and oxygen atoms in total. The number of ether oxygens (including phenoxy) is 1. The number of aromatic nitrogens is 1. The number of hydrogen-bond acceptors (Lipinski definition) is 5. The predicted octanol–water partition coefficient (Wildman–Crippen LogP) is 3.48. The van der Waals surface area contributed by atoms with Crippen molar-refractivity contribution in [2.24, 2.45) is 5.92 Å². The van der Waals surface area contributed by atoms with Crippen molar-refractivity contribution in [3.63, 3.8) is 0 Å². The first kappa shape index (κ1) is 20.7. The fourth-order valence-corrected chi connectivity index (χ4v) is 3.05. The highest BCUT2D eigenvalue weighted by Gasteiger charge is 2.31. The minimum Gasteiger partial charge on any atom is -0.480 e. The molecule has 0 bridgehead atoms. The monoisotopic (exact) mass is 402 g/mol. The number of carboxylic acids is 1. The van der Waals surface area contributed by atoms with Crippen LogP contribution in [-0.4, -0.2) is 34.4 Å². The molecule has 2 rings (SSSR count). The third kappa shape index (κ3) is 6.24. The molecule has 1 heterocycles. The lowest BCUT2D eigenvalue weighted by Gasteiger charge is -2.17. The Kier molecular flexibility index (Phi) is 6.42. The number of amides is 1. The van der Waals surface area contributed by atoms with Crippen LogP contribution in [0.5, 0.6) is 5.75 Å². The van der Waals surface area contributed by atoms with Gasteiger partial charge < -0.3 is 15.2 Å². The zero-order chi connectivity index (χ0) is 20.2. The zero-order valence-corrected chi connectivity index (χ0v) is 15.2. The normalized spacial score (nSPS) is 12.7. The number of aliphatic carboxylic acids is 1. The standard InChI is InChI=1S/C17H17F3N2O4S/c1-9(2)14(16(24)25)22-13(23)7-11-8-27-15(21-11)10-3-5-12(6-4-10)26-17(18,19)20/h3-6,8-9,14H,7H2,1-2H3,(H,22,23)(H,24,25)/t14-/m0/s1. The molecule has 10 heteroatoms. The van der Waals surface area contributed by atoms with E-state index >= 15 is 0 Å². The topological polar surface area (TPSA) is 88.5 Å². The number of carboxylic acid groups (broad SMARTS) is 1. The van der Waals surface area contributed by atoms with Gasteiger partial charge in [0.05, 0.1) is 12.1 Å². The first-order chi connectivity index (χ1) is 12.5. The molecule has 1 aromatic heterocycles. The largest absolute Gasteiger partial charge is 0.573 e. The molecule has 0 fully saturated rings. The summed E-state index contributed by atoms with van der Waals surface area (Å²) in [4.78, 5) is 27.4. The smallest absolute Gasteiger partial charge is 0.480 e. The highest BCUT2D eigenvalue weighted by Crippen LogP contribution is 2.28. The van der Waals surface area contributed by atoms with Gasteiger partial charge >= 0.3 is 12.3 Å². The molecule has 0 saturated heterocycles. The molecule has 0 saturated carbocycles. The Balaban J connectivity index is 2.02. The van der Waals surface area contributed by atoms with Crippen LogP contribution < -0.4 is 10.1 Å². The minimum atomic E-state index is -4.76. The summed E-state index contributed by atoms with van der Waals surface area (Å²) >= 11 is 1.22. The van der Waals surface area contributed by atoms with E-state index in [0.29, 0.717) is 16.3 Å². The van der Waals surface area contributed by atoms with Crippen LogP contribution >= 0.6 is 11.3 Å². The van der Waals surface area contributed by atoms with Crippen LogP contribution in [0.2, 0.25) is 0 Å². The van der Waals surface area contributed by atoms with E-state index in [1.807, 2.05) is 0 Å². The lowest BCUT2D eigenvalue weighted by atomic mass is 10.0. The molecular formula is C17H17F3N2O4S. The summed E-state index contributed by atoms with van der Waals surface area (Å²) in [6.07, 6.45) is -4.85. The Labute approximate surface area is 157 Å². The van der Waals surface area contributed by atoms with E-state index in [0.717, 1.165) is 0 Å². The number of nitrogens with one attached hydrogen (secondary N) is 1. The van der Waals surface area contributed by atoms with Gasteiger partial charge in [-0.2, -0.15) is 0 Å². The summed E-state index contributed by atoms with van der Waals surface area (Å²) < 4.78 is 40.3. The van der Waals surface area contributed by atoms with Crippen molar-refractivity contribution in [2.45, 2.75) is 32.7 Å². The molecule has 1 amide bonds. The number of halogens is 3. The van der Waals surface area contributed by atoms with Crippen LogP contribution in [0.4, 0.5) is 13.2 Å². The Hall–Kier alpha value is -2.62. The summed E-state index contributed by atoms with van der Waals surface area (Å²) in [7, 11) is 0. The number of hydrogen-bond donors (Lipinski definition) is 2. The molecule has 1 aromatic carbocycles. The van der Waals surface area contributed by atoms with Crippen LogP contribution in [0.1, 0.15) is 19.5 Å². The highest BCUT2D eigenvalue weighted by molar-refractivity contribution is 7.13. The van der Waals surface area contributed by atoms with Crippen molar-refractivity contribution < 1.29 is 32.6 Å². The van der Waals surface area contributed by atoms with Gasteiger partial charge in [0.15, 0.2) is 0 Å². The lowest BCUT2D eigenvalue weighted by molar-refractivity contribution is -0.274. The second-order valence-corrected chi connectivity index (χ2v) is 6.88. The molecule has 2 N–H and O–H groups in total. The fourth-order valence-electron chi connectivity index (χ4n) is 2.22. The summed E-state index contributed by atoms with van der Waals surface area (Å²) in [5.74, 6) is -2.19. The second kappa shape index (κ2) is 8.38. The van der Waals surface area contributed by atoms with Crippen molar-refractivity contribution in [3.8, 4) is 16.3 Å². The molecule has 0 unspecified atom stereocenters. The summed E-state index contributed by atoms with van der Waals surface area (Å²) in [5, 5.41) is 13.7. The third-order valence-corrected chi connectivity index (χ3v) is 4.42. The van der Waals surface area contributed by atoms with E-state index in [4.69, 9.17) is 5.11 Å². The molecule has 0 aliphatic heterocycles. The van der Waals surface area contributed by atoms with Crippen LogP contribution in [0, 0.1) is 5.92 Å². The first-order valence-electron chi connectivity index (χ1n) is 7.88. The van der Waals surface area contributed by atoms with E-state index in [1.54, 1.807) is 19.2 Å². The summed E-state index contributed by atoms with van der Waals surface area (Å²) in [6.45, 7) is 3.37. The van der Waals surface area contributed by atoms with Gasteiger partial charge in [0.2, 0.25) is 5.91 Å². The van der Waals surface area contributed by atoms with Gasteiger partial charge in [-0.15, -0.1) is 24.5 Å². The summed E-state index contributed by atoms with van der Waals surface area (Å²) in [6, 6.07) is 4.23. The van der Waals surface area contributed by atoms with Crippen LogP contribution in [0.15, 0.2) is 29.6 Å². The van der Waals surface area contributed by atoms with Crippen molar-refractivity contribution in [1.29, 1.82) is 0 Å². The van der Waals surface area contributed by atoms with Crippen molar-refractivity contribution in [3.05, 3.63) is 35.3 Å². The van der Waals surface area contributed by atoms with Crippen molar-refractivity contribution >= 4 is 23.2 Å². The van der Waals surface area contributed by atoms with Crippen molar-refractivity contribution in [1.82, 2.24) is 10.3 Å². The van der Waals surface area contributed by atoms with Gasteiger partial charge in [-0.3, -0.25) is 4.79 Å². The molecule has 0 radical (unpaired) electrons. The Morgan fingerprint density at radius 1 is 1.26 bits per heavy atom. The van der Waals surface area contributed by atoms with E-state index in [-0.39, 0.29) is 18.1 Å². The third-order valence-electron chi connectivity index (χ3n) is 3.48. The van der Waals surface area contributed by atoms with E-state index in [2.05, 4.69) is 15.0 Å². The maximum Gasteiger partial charge on any atom is 0.573 e. The molecule has 0 aliphatic rings. The first-order valence-corrected chi connectivity index (χ1v) is 8.76. The fraction of sp³-hybridized carbons (Fsp3) is 0.353. The van der Waals surface area contributed by atoms with E-state index < -0.39 is 24.3 Å². The number of carbonyl (C=O) groups excluding carboxylic acids is 1. The van der Waals surface area contributed by atoms with E-state index in [1.165, 1.54) is 35.6 Å². The Morgan fingerprint density at radius 2 is 1.89 bits per heavy atom. The number of carbonyl (C=O) groups is 2. The van der Waals surface area contributed by atoms with Gasteiger partial charge in [-0.25, -0.2) is 9.78 Å². The molecule has 146 valence electrons. The highest BCUT2D eigenvalue weighted by atomic mass is 32.1. The van der Waals surface area contributed by atoms with Gasteiger partial charge in [0, 0.05) is 10.9 Å². The quantitative estimate of drug-likeness (QED) is 0.740. The number of nitrogens with zero attached hydrogens (tertiary/aromatic N) is 1. The number of rotatable bonds is 7. The molecule has 27 heavy (non-hydrogen) atoms. The summed E-state index contributed by atoms with van der Waals surface area (Å²) in [5.41, 5.74) is 1.02. The van der Waals surface area contributed by atoms with Gasteiger partial charge in [-0.1, -0.05) is 13.8 Å². The Bertz CT molecular complexity index is 803. The van der Waals surface area contributed by atoms with Gasteiger partial charge in [0.25, 0.3) is 0 Å². The lowest BCUT2D eigenvalue weighted by Crippen LogP contribution is -2.44. The predicted molar refractivity (Wildman–Crippen MR) is 92.3 cm³/mol. The maximum atomic E-state index is 12.2. The van der Waals surface area contributed by atoms with Crippen molar-refractivity contribution in [2.75, 3.05) is 0 Å². The molecule has 0 aliphatic carbocycles. The van der Waals surface area contributed by atoms with Crippen LogP contribution in [-0.2, 0) is 16.0 Å². The van der Waals surface area contributed by atoms with Crippen LogP contribution in [0.25, 0.3) is 10.6 Å². The minimum absolute atomic E-state index is 0.0950. The molecule has 1 atom stereocenters. The SMILES string of the molecule is CC(C)[C@H](NC(=O)Cc1csc(-c2ccc(OC(F)(F)F)cc2)n1)C(=O)O. The Morgan fingerprint density at radius 3 is 2.41 bits per heavy atom. The maximum absolute atomic E-state index is 12.2. The number of thiazole rings is 1. The molecule has 0 spiro atoms. The number of alkyl halides is 3. The van der Waals surface area contributed by atoms with Crippen LogP contribution in [0.3, 0.4) is 0 Å². The molecule has 2 aromatic rings. The number of benzene rings is 1. The average molecular weight is 402 g/mol. The van der Waals surface area contributed by atoms with Gasteiger partial charge in [0.1, 0.15) is 16.8 Å². The second-order valence-electron chi connectivity index (χ2n) is 6.02. The average Bonchev–Trinajstić information content (AvgIpc) is 2.99. The van der Waals surface area contributed by atoms with E-state index in [9.17, 15) is 22.8 Å². The zero-order valence-electron chi connectivity index (χ0n) is 14.4.